The second-order valence-corrected chi connectivity index (χ2v) is 4.83. The average molecular weight is 244 g/mol. The van der Waals surface area contributed by atoms with E-state index in [-0.39, 0.29) is 0 Å². The number of para-hydroxylation sites is 1. The third kappa shape index (κ3) is 2.63. The Morgan fingerprint density at radius 1 is 1.39 bits per heavy atom. The Hall–Kier alpha value is -1.58. The summed E-state index contributed by atoms with van der Waals surface area (Å²) in [5.41, 5.74) is 9.02. The first-order valence-electron chi connectivity index (χ1n) is 6.14. The van der Waals surface area contributed by atoms with Crippen molar-refractivity contribution in [2.75, 3.05) is 13.6 Å². The van der Waals surface area contributed by atoms with Crippen LogP contribution in [0, 0.1) is 0 Å². The number of rotatable bonds is 5. The number of hydrogen-bond donors (Lipinski definition) is 1. The van der Waals surface area contributed by atoms with E-state index in [1.165, 1.54) is 5.56 Å². The molecular formula is C15H20N2O. The van der Waals surface area contributed by atoms with Crippen molar-refractivity contribution in [3.8, 4) is 0 Å². The van der Waals surface area contributed by atoms with Gasteiger partial charge in [-0.3, -0.25) is 4.90 Å². The van der Waals surface area contributed by atoms with Crippen LogP contribution in [0.25, 0.3) is 11.0 Å². The Labute approximate surface area is 108 Å². The topological polar surface area (TPSA) is 42.4 Å². The van der Waals surface area contributed by atoms with E-state index in [0.717, 1.165) is 35.4 Å². The van der Waals surface area contributed by atoms with Gasteiger partial charge < -0.3 is 10.2 Å². The Balaban J connectivity index is 2.33. The molecule has 0 spiro atoms. The molecule has 1 aromatic carbocycles. The molecule has 0 unspecified atom stereocenters. The van der Waals surface area contributed by atoms with Crippen LogP contribution in [0.15, 0.2) is 40.8 Å². The van der Waals surface area contributed by atoms with E-state index in [1.807, 2.05) is 25.1 Å². The van der Waals surface area contributed by atoms with E-state index in [0.29, 0.717) is 6.54 Å². The first kappa shape index (κ1) is 12.9. The fraction of sp³-hybridized carbons (Fsp3) is 0.333. The van der Waals surface area contributed by atoms with Gasteiger partial charge in [0.05, 0.1) is 6.54 Å². The van der Waals surface area contributed by atoms with Crippen LogP contribution >= 0.6 is 0 Å². The van der Waals surface area contributed by atoms with Crippen LogP contribution in [0.5, 0.6) is 0 Å². The van der Waals surface area contributed by atoms with Gasteiger partial charge in [-0.25, -0.2) is 0 Å². The number of nitrogens with zero attached hydrogens (tertiary/aromatic N) is 1. The van der Waals surface area contributed by atoms with Crippen molar-refractivity contribution < 1.29 is 4.42 Å². The van der Waals surface area contributed by atoms with Crippen LogP contribution < -0.4 is 5.73 Å². The highest BCUT2D eigenvalue weighted by Crippen LogP contribution is 2.26. The Kier molecular flexibility index (Phi) is 3.84. The van der Waals surface area contributed by atoms with Gasteiger partial charge in [-0.2, -0.15) is 0 Å². The lowest BCUT2D eigenvalue weighted by atomic mass is 10.1. The highest BCUT2D eigenvalue weighted by atomic mass is 16.3. The fourth-order valence-corrected chi connectivity index (χ4v) is 2.27. The standard InChI is InChI=1S/C15H20N2O/c1-11(2)9-17(3)10-13-12-6-4-5-7-14(12)18-15(13)8-16/h4-7H,1,8-10,16H2,2-3H3. The molecule has 0 fully saturated rings. The fourth-order valence-electron chi connectivity index (χ4n) is 2.27. The highest BCUT2D eigenvalue weighted by molar-refractivity contribution is 5.82. The quantitative estimate of drug-likeness (QED) is 0.822. The molecular weight excluding hydrogens is 224 g/mol. The molecule has 0 radical (unpaired) electrons. The molecule has 0 aliphatic carbocycles. The molecule has 2 N–H and O–H groups in total. The molecule has 1 aromatic heterocycles. The first-order chi connectivity index (χ1) is 8.61. The first-order valence-corrected chi connectivity index (χ1v) is 6.14. The summed E-state index contributed by atoms with van der Waals surface area (Å²) < 4.78 is 5.78. The second-order valence-electron chi connectivity index (χ2n) is 4.83. The minimum absolute atomic E-state index is 0.435. The predicted octanol–water partition coefficient (Wildman–Crippen LogP) is 2.90. The summed E-state index contributed by atoms with van der Waals surface area (Å²) >= 11 is 0. The van der Waals surface area contributed by atoms with E-state index in [4.69, 9.17) is 10.2 Å². The monoisotopic (exact) mass is 244 g/mol. The Morgan fingerprint density at radius 2 is 2.11 bits per heavy atom. The van der Waals surface area contributed by atoms with Crippen LogP contribution in [0.3, 0.4) is 0 Å². The number of benzene rings is 1. The smallest absolute Gasteiger partial charge is 0.134 e. The summed E-state index contributed by atoms with van der Waals surface area (Å²) in [5, 5.41) is 1.16. The van der Waals surface area contributed by atoms with Gasteiger partial charge >= 0.3 is 0 Å². The highest BCUT2D eigenvalue weighted by Gasteiger charge is 2.14. The second kappa shape index (κ2) is 5.38. The zero-order valence-electron chi connectivity index (χ0n) is 11.1. The van der Waals surface area contributed by atoms with E-state index in [9.17, 15) is 0 Å². The lowest BCUT2D eigenvalue weighted by Gasteiger charge is -2.16. The molecule has 2 aromatic rings. The van der Waals surface area contributed by atoms with Crippen molar-refractivity contribution in [3.05, 3.63) is 47.7 Å². The van der Waals surface area contributed by atoms with Crippen LogP contribution in [0.1, 0.15) is 18.2 Å². The summed E-state index contributed by atoms with van der Waals surface area (Å²) in [6, 6.07) is 8.08. The van der Waals surface area contributed by atoms with Gasteiger partial charge in [-0.15, -0.1) is 0 Å². The maximum atomic E-state index is 5.78. The molecule has 3 nitrogen and oxygen atoms in total. The van der Waals surface area contributed by atoms with Crippen LogP contribution in [0.2, 0.25) is 0 Å². The van der Waals surface area contributed by atoms with E-state index < -0.39 is 0 Å². The molecule has 0 saturated heterocycles. The number of likely N-dealkylation sites (N-methyl/N-ethyl adjacent to an activating group) is 1. The molecule has 0 amide bonds. The van der Waals surface area contributed by atoms with Gasteiger partial charge in [0.1, 0.15) is 11.3 Å². The summed E-state index contributed by atoms with van der Waals surface area (Å²) in [5.74, 6) is 0.879. The molecule has 0 saturated carbocycles. The van der Waals surface area contributed by atoms with Gasteiger partial charge in [0.15, 0.2) is 0 Å². The van der Waals surface area contributed by atoms with E-state index in [1.54, 1.807) is 0 Å². The van der Waals surface area contributed by atoms with Gasteiger partial charge in [-0.1, -0.05) is 30.4 Å². The molecule has 0 aliphatic heterocycles. The van der Waals surface area contributed by atoms with Crippen LogP contribution in [0.4, 0.5) is 0 Å². The van der Waals surface area contributed by atoms with Gasteiger partial charge in [0, 0.05) is 24.0 Å². The lowest BCUT2D eigenvalue weighted by molar-refractivity contribution is 0.352. The Morgan fingerprint density at radius 3 is 2.78 bits per heavy atom. The largest absolute Gasteiger partial charge is 0.459 e. The summed E-state index contributed by atoms with van der Waals surface area (Å²) in [6.45, 7) is 8.12. The average Bonchev–Trinajstić information content (AvgIpc) is 2.66. The molecule has 3 heteroatoms. The van der Waals surface area contributed by atoms with Crippen molar-refractivity contribution >= 4 is 11.0 Å². The molecule has 0 bridgehead atoms. The number of furan rings is 1. The molecule has 1 heterocycles. The van der Waals surface area contributed by atoms with Crippen molar-refractivity contribution in [3.63, 3.8) is 0 Å². The normalized spacial score (nSPS) is 11.3. The van der Waals surface area contributed by atoms with E-state index in [2.05, 4.69) is 24.6 Å². The minimum Gasteiger partial charge on any atom is -0.459 e. The maximum absolute atomic E-state index is 5.78. The molecule has 0 aliphatic rings. The van der Waals surface area contributed by atoms with Crippen molar-refractivity contribution in [2.45, 2.75) is 20.0 Å². The summed E-state index contributed by atoms with van der Waals surface area (Å²) in [6.07, 6.45) is 0. The molecule has 18 heavy (non-hydrogen) atoms. The van der Waals surface area contributed by atoms with Gasteiger partial charge in [-0.05, 0) is 20.0 Å². The zero-order valence-corrected chi connectivity index (χ0v) is 11.1. The van der Waals surface area contributed by atoms with Crippen LogP contribution in [-0.4, -0.2) is 18.5 Å². The SMILES string of the molecule is C=C(C)CN(C)Cc1c(CN)oc2ccccc12. The zero-order chi connectivity index (χ0) is 13.1. The number of fused-ring (bicyclic) bond motifs is 1. The predicted molar refractivity (Wildman–Crippen MR) is 75.3 cm³/mol. The van der Waals surface area contributed by atoms with Crippen molar-refractivity contribution in [1.82, 2.24) is 4.90 Å². The lowest BCUT2D eigenvalue weighted by Crippen LogP contribution is -2.20. The Bertz CT molecular complexity index is 557. The van der Waals surface area contributed by atoms with Gasteiger partial charge in [0.2, 0.25) is 0 Å². The summed E-state index contributed by atoms with van der Waals surface area (Å²) in [7, 11) is 2.08. The van der Waals surface area contributed by atoms with Crippen molar-refractivity contribution in [1.29, 1.82) is 0 Å². The minimum atomic E-state index is 0.435. The van der Waals surface area contributed by atoms with E-state index >= 15 is 0 Å². The molecule has 0 atom stereocenters. The molecule has 2 rings (SSSR count). The molecule has 96 valence electrons. The third-order valence-electron chi connectivity index (χ3n) is 2.94. The summed E-state index contributed by atoms with van der Waals surface area (Å²) in [4.78, 5) is 2.22. The van der Waals surface area contributed by atoms with Gasteiger partial charge in [0.25, 0.3) is 0 Å². The number of nitrogens with two attached hydrogens (primary N) is 1. The van der Waals surface area contributed by atoms with Crippen LogP contribution in [-0.2, 0) is 13.1 Å². The number of hydrogen-bond acceptors (Lipinski definition) is 3. The maximum Gasteiger partial charge on any atom is 0.134 e. The third-order valence-corrected chi connectivity index (χ3v) is 2.94. The van der Waals surface area contributed by atoms with Crippen molar-refractivity contribution in [2.24, 2.45) is 5.73 Å².